The Bertz CT molecular complexity index is 974. The van der Waals surface area contributed by atoms with Gasteiger partial charge in [-0.1, -0.05) is 29.8 Å². The number of nitrogens with one attached hydrogen (secondary N) is 1. The molecule has 2 heterocycles. The highest BCUT2D eigenvalue weighted by Crippen LogP contribution is 2.25. The number of hydrogen-bond donors (Lipinski definition) is 1. The number of anilines is 1. The fourth-order valence-corrected chi connectivity index (χ4v) is 4.08. The predicted octanol–water partition coefficient (Wildman–Crippen LogP) is 3.23. The fourth-order valence-electron chi connectivity index (χ4n) is 3.90. The summed E-state index contributed by atoms with van der Waals surface area (Å²) in [6, 6.07) is 12.1. The van der Waals surface area contributed by atoms with E-state index in [0.717, 1.165) is 24.0 Å². The number of fused-ring (bicyclic) bond motifs is 1. The van der Waals surface area contributed by atoms with Crippen LogP contribution in [0.1, 0.15) is 34.3 Å². The Morgan fingerprint density at radius 3 is 2.69 bits per heavy atom. The van der Waals surface area contributed by atoms with Crippen LogP contribution in [-0.2, 0) is 16.1 Å². The zero-order valence-corrected chi connectivity index (χ0v) is 16.9. The van der Waals surface area contributed by atoms with Crippen LogP contribution in [0.2, 0.25) is 5.02 Å². The summed E-state index contributed by atoms with van der Waals surface area (Å²) in [5.74, 6) is -0.201. The molecule has 1 unspecified atom stereocenters. The van der Waals surface area contributed by atoms with Gasteiger partial charge in [-0.15, -0.1) is 0 Å². The van der Waals surface area contributed by atoms with E-state index in [1.165, 1.54) is 0 Å². The number of benzene rings is 2. The molecule has 3 amide bonds. The number of amides is 3. The van der Waals surface area contributed by atoms with Gasteiger partial charge in [0.2, 0.25) is 11.8 Å². The molecule has 2 aliphatic heterocycles. The van der Waals surface area contributed by atoms with E-state index < -0.39 is 0 Å². The van der Waals surface area contributed by atoms with Gasteiger partial charge in [0.15, 0.2) is 0 Å². The number of rotatable bonds is 4. The average Bonchev–Trinajstić information content (AvgIpc) is 3.20. The molecule has 4 rings (SSSR count). The van der Waals surface area contributed by atoms with Crippen LogP contribution < -0.4 is 5.32 Å². The summed E-state index contributed by atoms with van der Waals surface area (Å²) in [5.41, 5.74) is 2.99. The van der Waals surface area contributed by atoms with E-state index in [4.69, 9.17) is 11.6 Å². The van der Waals surface area contributed by atoms with Gasteiger partial charge in [-0.3, -0.25) is 14.4 Å². The van der Waals surface area contributed by atoms with Crippen LogP contribution >= 0.6 is 11.6 Å². The maximum Gasteiger partial charge on any atom is 0.255 e. The molecule has 0 aliphatic carbocycles. The van der Waals surface area contributed by atoms with E-state index in [-0.39, 0.29) is 30.3 Å². The first kappa shape index (κ1) is 19.5. The number of piperazine rings is 1. The predicted molar refractivity (Wildman–Crippen MR) is 111 cm³/mol. The summed E-state index contributed by atoms with van der Waals surface area (Å²) in [6.45, 7) is 3.06. The molecule has 2 aromatic carbocycles. The Hall–Kier alpha value is -2.86. The Morgan fingerprint density at radius 2 is 1.93 bits per heavy atom. The van der Waals surface area contributed by atoms with Gasteiger partial charge in [0.25, 0.3) is 5.91 Å². The molecular weight excluding hydrogens is 390 g/mol. The minimum absolute atomic E-state index is 0.0139. The minimum atomic E-state index is -0.303. The third-order valence-corrected chi connectivity index (χ3v) is 5.77. The van der Waals surface area contributed by atoms with E-state index in [9.17, 15) is 14.4 Å². The third kappa shape index (κ3) is 3.98. The molecule has 0 saturated carbocycles. The topological polar surface area (TPSA) is 69.7 Å². The number of carbonyl (C=O) groups is 3. The summed E-state index contributed by atoms with van der Waals surface area (Å²) in [6.07, 6.45) is 1.62. The lowest BCUT2D eigenvalue weighted by Crippen LogP contribution is -2.56. The number of nitrogens with zero attached hydrogens (tertiary/aromatic N) is 2. The molecule has 7 heteroatoms. The monoisotopic (exact) mass is 411 g/mol. The van der Waals surface area contributed by atoms with Crippen molar-refractivity contribution in [1.82, 2.24) is 9.80 Å². The number of carbonyl (C=O) groups excluding carboxylic acids is 3. The van der Waals surface area contributed by atoms with Crippen LogP contribution in [0.4, 0.5) is 5.69 Å². The summed E-state index contributed by atoms with van der Waals surface area (Å²) in [4.78, 5) is 40.8. The van der Waals surface area contributed by atoms with E-state index in [1.54, 1.807) is 34.1 Å². The molecule has 29 heavy (non-hydrogen) atoms. The van der Waals surface area contributed by atoms with Gasteiger partial charge >= 0.3 is 0 Å². The first-order chi connectivity index (χ1) is 13.9. The van der Waals surface area contributed by atoms with Crippen molar-refractivity contribution < 1.29 is 14.4 Å². The van der Waals surface area contributed by atoms with Crippen molar-refractivity contribution in [3.8, 4) is 0 Å². The van der Waals surface area contributed by atoms with Crippen molar-refractivity contribution >= 4 is 35.0 Å². The standard InChI is InChI=1S/C22H22ClN3O3/c1-14-4-9-17(23)11-18(14)24-21(28)16-7-5-15(6-8-16)12-25-13-20(27)26-10-2-3-19(26)22(25)29/h4-9,11,19H,2-3,10,12-13H2,1H3,(H,24,28). The van der Waals surface area contributed by atoms with Crippen LogP contribution in [0.25, 0.3) is 0 Å². The zero-order chi connectivity index (χ0) is 20.5. The molecule has 0 spiro atoms. The first-order valence-electron chi connectivity index (χ1n) is 9.67. The molecule has 150 valence electrons. The van der Waals surface area contributed by atoms with E-state index in [1.807, 2.05) is 25.1 Å². The largest absolute Gasteiger partial charge is 0.329 e. The SMILES string of the molecule is Cc1ccc(Cl)cc1NC(=O)c1ccc(CN2CC(=O)N3CCCC3C2=O)cc1. The van der Waals surface area contributed by atoms with Gasteiger partial charge in [-0.05, 0) is 55.2 Å². The van der Waals surface area contributed by atoms with Gasteiger partial charge in [-0.25, -0.2) is 0 Å². The molecule has 2 aromatic rings. The van der Waals surface area contributed by atoms with Crippen LogP contribution in [-0.4, -0.2) is 46.7 Å². The molecular formula is C22H22ClN3O3. The maximum absolute atomic E-state index is 12.7. The number of hydrogen-bond acceptors (Lipinski definition) is 3. The van der Waals surface area contributed by atoms with Crippen molar-refractivity contribution in [3.05, 3.63) is 64.2 Å². The van der Waals surface area contributed by atoms with Crippen LogP contribution in [0.15, 0.2) is 42.5 Å². The van der Waals surface area contributed by atoms with Crippen molar-refractivity contribution in [2.75, 3.05) is 18.4 Å². The molecule has 1 atom stereocenters. The average molecular weight is 412 g/mol. The van der Waals surface area contributed by atoms with E-state index >= 15 is 0 Å². The molecule has 0 aromatic heterocycles. The third-order valence-electron chi connectivity index (χ3n) is 5.53. The lowest BCUT2D eigenvalue weighted by atomic mass is 10.1. The Labute approximate surface area is 174 Å². The van der Waals surface area contributed by atoms with Gasteiger partial charge in [0, 0.05) is 29.4 Å². The zero-order valence-electron chi connectivity index (χ0n) is 16.2. The Morgan fingerprint density at radius 1 is 1.17 bits per heavy atom. The van der Waals surface area contributed by atoms with Crippen molar-refractivity contribution in [1.29, 1.82) is 0 Å². The molecule has 2 saturated heterocycles. The van der Waals surface area contributed by atoms with Gasteiger partial charge in [0.1, 0.15) is 12.6 Å². The molecule has 2 aliphatic rings. The second kappa shape index (κ2) is 7.87. The minimum Gasteiger partial charge on any atom is -0.329 e. The number of halogens is 1. The quantitative estimate of drug-likeness (QED) is 0.839. The van der Waals surface area contributed by atoms with Crippen molar-refractivity contribution in [2.24, 2.45) is 0 Å². The van der Waals surface area contributed by atoms with Crippen LogP contribution in [0.3, 0.4) is 0 Å². The summed E-state index contributed by atoms with van der Waals surface area (Å²) in [5, 5.41) is 3.43. The highest BCUT2D eigenvalue weighted by molar-refractivity contribution is 6.31. The normalized spacial score (nSPS) is 18.8. The Kier molecular flexibility index (Phi) is 5.28. The highest BCUT2D eigenvalue weighted by atomic mass is 35.5. The summed E-state index contributed by atoms with van der Waals surface area (Å²) in [7, 11) is 0. The Balaban J connectivity index is 1.42. The highest BCUT2D eigenvalue weighted by Gasteiger charge is 2.41. The second-order valence-corrected chi connectivity index (χ2v) is 7.99. The molecule has 1 N–H and O–H groups in total. The van der Waals surface area contributed by atoms with Gasteiger partial charge in [0.05, 0.1) is 0 Å². The molecule has 0 bridgehead atoms. The van der Waals surface area contributed by atoms with Gasteiger partial charge in [-0.2, -0.15) is 0 Å². The summed E-state index contributed by atoms with van der Waals surface area (Å²) >= 11 is 6.00. The molecule has 6 nitrogen and oxygen atoms in total. The van der Waals surface area contributed by atoms with Crippen molar-refractivity contribution in [3.63, 3.8) is 0 Å². The fraction of sp³-hybridized carbons (Fsp3) is 0.318. The van der Waals surface area contributed by atoms with E-state index in [2.05, 4.69) is 5.32 Å². The van der Waals surface area contributed by atoms with E-state index in [0.29, 0.717) is 29.4 Å². The van der Waals surface area contributed by atoms with Crippen molar-refractivity contribution in [2.45, 2.75) is 32.4 Å². The van der Waals surface area contributed by atoms with Crippen LogP contribution in [0, 0.1) is 6.92 Å². The smallest absolute Gasteiger partial charge is 0.255 e. The molecule has 0 radical (unpaired) electrons. The van der Waals surface area contributed by atoms with Gasteiger partial charge < -0.3 is 15.1 Å². The molecule has 2 fully saturated rings. The van der Waals surface area contributed by atoms with Crippen LogP contribution in [0.5, 0.6) is 0 Å². The lowest BCUT2D eigenvalue weighted by molar-refractivity contribution is -0.154. The second-order valence-electron chi connectivity index (χ2n) is 7.55. The first-order valence-corrected chi connectivity index (χ1v) is 10.0. The maximum atomic E-state index is 12.7. The summed E-state index contributed by atoms with van der Waals surface area (Å²) < 4.78 is 0. The number of aryl methyl sites for hydroxylation is 1. The lowest BCUT2D eigenvalue weighted by Gasteiger charge is -2.36.